The van der Waals surface area contributed by atoms with Crippen molar-refractivity contribution in [1.82, 2.24) is 4.98 Å². The molecule has 2 aliphatic heterocycles. The summed E-state index contributed by atoms with van der Waals surface area (Å²) in [7, 11) is 0. The lowest BCUT2D eigenvalue weighted by Gasteiger charge is -2.15. The zero-order valence-electron chi connectivity index (χ0n) is 12.8. The van der Waals surface area contributed by atoms with Gasteiger partial charge in [0.2, 0.25) is 0 Å². The van der Waals surface area contributed by atoms with Crippen LogP contribution in [0.1, 0.15) is 40.0 Å². The van der Waals surface area contributed by atoms with Crippen LogP contribution >= 0.6 is 11.3 Å². The van der Waals surface area contributed by atoms with Gasteiger partial charge in [-0.25, -0.2) is 4.98 Å². The Bertz CT molecular complexity index is 813. The van der Waals surface area contributed by atoms with Gasteiger partial charge in [-0.15, -0.1) is 11.3 Å². The quantitative estimate of drug-likeness (QED) is 0.630. The number of rotatable bonds is 3. The van der Waals surface area contributed by atoms with Crippen molar-refractivity contribution in [2.24, 2.45) is 0 Å². The first kappa shape index (κ1) is 15.2. The van der Waals surface area contributed by atoms with Crippen molar-refractivity contribution in [3.63, 3.8) is 0 Å². The molecule has 2 aliphatic rings. The Labute approximate surface area is 142 Å². The van der Waals surface area contributed by atoms with E-state index >= 15 is 0 Å². The number of hydrogen-bond acceptors (Lipinski definition) is 6. The zero-order chi connectivity index (χ0) is 16.7. The Morgan fingerprint density at radius 3 is 3.08 bits per heavy atom. The Morgan fingerprint density at radius 2 is 2.33 bits per heavy atom. The van der Waals surface area contributed by atoms with Gasteiger partial charge in [-0.05, 0) is 25.3 Å². The van der Waals surface area contributed by atoms with E-state index in [-0.39, 0.29) is 17.7 Å². The van der Waals surface area contributed by atoms with Gasteiger partial charge in [-0.1, -0.05) is 6.07 Å². The molecule has 1 fully saturated rings. The molecule has 24 heavy (non-hydrogen) atoms. The highest BCUT2D eigenvalue weighted by Gasteiger charge is 2.32. The van der Waals surface area contributed by atoms with Crippen molar-refractivity contribution in [3.8, 4) is 0 Å². The third-order valence-corrected chi connectivity index (χ3v) is 5.33. The Hall–Kier alpha value is -2.32. The van der Waals surface area contributed by atoms with E-state index in [9.17, 15) is 14.9 Å². The number of carbonyl (C=O) groups excluding carboxylic acids is 1. The van der Waals surface area contributed by atoms with E-state index in [2.05, 4.69) is 4.98 Å². The number of aromatic nitrogens is 1. The maximum absolute atomic E-state index is 12.8. The molecule has 1 atom stereocenters. The number of ether oxygens (including phenoxy) is 1. The number of carbonyl (C=O) groups is 1. The average molecular weight is 345 g/mol. The van der Waals surface area contributed by atoms with Gasteiger partial charge in [-0.3, -0.25) is 14.9 Å². The molecule has 1 unspecified atom stereocenters. The molecule has 0 N–H and O–H groups in total. The molecule has 1 aromatic heterocycles. The minimum atomic E-state index is -0.398. The Morgan fingerprint density at radius 1 is 1.46 bits per heavy atom. The number of amides is 1. The van der Waals surface area contributed by atoms with Crippen LogP contribution in [-0.4, -0.2) is 29.0 Å². The average Bonchev–Trinajstić information content (AvgIpc) is 3.31. The summed E-state index contributed by atoms with van der Waals surface area (Å²) in [5.74, 6) is -0.213. The van der Waals surface area contributed by atoms with Crippen LogP contribution in [0.4, 0.5) is 11.4 Å². The predicted octanol–water partition coefficient (Wildman–Crippen LogP) is 3.11. The van der Waals surface area contributed by atoms with Crippen LogP contribution in [0.5, 0.6) is 0 Å². The number of nitro groups is 1. The van der Waals surface area contributed by atoms with Crippen molar-refractivity contribution < 1.29 is 14.5 Å². The summed E-state index contributed by atoms with van der Waals surface area (Å²) in [6.45, 7) is 1.17. The second-order valence-corrected chi connectivity index (χ2v) is 6.70. The van der Waals surface area contributed by atoms with Gasteiger partial charge < -0.3 is 9.64 Å². The molecule has 1 amide bonds. The smallest absolute Gasteiger partial charge is 0.277 e. The maximum Gasteiger partial charge on any atom is 0.277 e. The summed E-state index contributed by atoms with van der Waals surface area (Å²) >= 11 is 1.43. The molecule has 4 rings (SSSR count). The van der Waals surface area contributed by atoms with Crippen molar-refractivity contribution >= 4 is 28.6 Å². The van der Waals surface area contributed by atoms with Gasteiger partial charge in [-0.2, -0.15) is 0 Å². The summed E-state index contributed by atoms with van der Waals surface area (Å²) in [5.41, 5.74) is 1.68. The lowest BCUT2D eigenvalue weighted by Crippen LogP contribution is -2.29. The summed E-state index contributed by atoms with van der Waals surface area (Å²) in [6.07, 6.45) is 2.42. The number of thiazole rings is 1. The van der Waals surface area contributed by atoms with Gasteiger partial charge in [0.05, 0.1) is 16.2 Å². The van der Waals surface area contributed by atoms with E-state index < -0.39 is 4.92 Å². The zero-order valence-corrected chi connectivity index (χ0v) is 13.6. The predicted molar refractivity (Wildman–Crippen MR) is 88.5 cm³/mol. The van der Waals surface area contributed by atoms with Gasteiger partial charge in [0.25, 0.3) is 11.6 Å². The van der Waals surface area contributed by atoms with Gasteiger partial charge in [0.1, 0.15) is 16.8 Å². The first-order valence-corrected chi connectivity index (χ1v) is 8.68. The molecule has 0 aliphatic carbocycles. The SMILES string of the molecule is O=C(c1csc(C2CCCO2)n1)N1CCc2c1cccc2[N+](=O)[O-]. The summed E-state index contributed by atoms with van der Waals surface area (Å²) < 4.78 is 5.60. The van der Waals surface area contributed by atoms with Crippen LogP contribution in [0.3, 0.4) is 0 Å². The fourth-order valence-corrected chi connectivity index (χ4v) is 4.12. The molecular weight excluding hydrogens is 330 g/mol. The Kier molecular flexibility index (Phi) is 3.78. The minimum Gasteiger partial charge on any atom is -0.371 e. The van der Waals surface area contributed by atoms with Gasteiger partial charge >= 0.3 is 0 Å². The number of nitro benzene ring substituents is 1. The van der Waals surface area contributed by atoms with Crippen LogP contribution in [0.15, 0.2) is 23.6 Å². The fourth-order valence-electron chi connectivity index (χ4n) is 3.24. The molecule has 0 bridgehead atoms. The topological polar surface area (TPSA) is 85.6 Å². The molecule has 0 saturated carbocycles. The normalized spacial score (nSPS) is 19.5. The fraction of sp³-hybridized carbons (Fsp3) is 0.375. The molecule has 1 aromatic carbocycles. The van der Waals surface area contributed by atoms with E-state index in [0.29, 0.717) is 29.9 Å². The molecule has 3 heterocycles. The number of anilines is 1. The monoisotopic (exact) mass is 345 g/mol. The van der Waals surface area contributed by atoms with Crippen LogP contribution in [0.25, 0.3) is 0 Å². The van der Waals surface area contributed by atoms with Crippen molar-refractivity contribution in [1.29, 1.82) is 0 Å². The molecule has 0 radical (unpaired) electrons. The Balaban J connectivity index is 1.61. The second-order valence-electron chi connectivity index (χ2n) is 5.81. The molecule has 8 heteroatoms. The number of benzene rings is 1. The van der Waals surface area contributed by atoms with Crippen LogP contribution in [0, 0.1) is 10.1 Å². The standard InChI is InChI=1S/C16H15N3O4S/c20-16(11-9-24-15(17-11)14-5-2-8-23-14)18-7-6-10-12(18)3-1-4-13(10)19(21)22/h1,3-4,9,14H,2,5-8H2. The van der Waals surface area contributed by atoms with E-state index in [1.54, 1.807) is 22.4 Å². The third kappa shape index (κ3) is 2.47. The molecule has 0 spiro atoms. The summed E-state index contributed by atoms with van der Waals surface area (Å²) in [6, 6.07) is 4.84. The minimum absolute atomic E-state index is 0.0106. The van der Waals surface area contributed by atoms with Crippen molar-refractivity contribution in [2.45, 2.75) is 25.4 Å². The number of fused-ring (bicyclic) bond motifs is 1. The largest absolute Gasteiger partial charge is 0.371 e. The maximum atomic E-state index is 12.8. The van der Waals surface area contributed by atoms with Crippen molar-refractivity contribution in [3.05, 3.63) is 50.0 Å². The molecule has 124 valence electrons. The van der Waals surface area contributed by atoms with E-state index in [1.165, 1.54) is 17.4 Å². The lowest BCUT2D eigenvalue weighted by molar-refractivity contribution is -0.385. The van der Waals surface area contributed by atoms with Gasteiger partial charge in [0.15, 0.2) is 0 Å². The van der Waals surface area contributed by atoms with Gasteiger partial charge in [0, 0.05) is 24.6 Å². The second kappa shape index (κ2) is 5.95. The van der Waals surface area contributed by atoms with Crippen LogP contribution < -0.4 is 4.90 Å². The van der Waals surface area contributed by atoms with Crippen LogP contribution in [-0.2, 0) is 11.2 Å². The summed E-state index contributed by atoms with van der Waals surface area (Å²) in [5, 5.41) is 13.7. The van der Waals surface area contributed by atoms with Crippen LogP contribution in [0.2, 0.25) is 0 Å². The highest BCUT2D eigenvalue weighted by molar-refractivity contribution is 7.09. The molecule has 1 saturated heterocycles. The third-order valence-electron chi connectivity index (χ3n) is 4.39. The first-order chi connectivity index (χ1) is 11.6. The van der Waals surface area contributed by atoms with E-state index in [0.717, 1.165) is 24.5 Å². The molecule has 2 aromatic rings. The van der Waals surface area contributed by atoms with E-state index in [4.69, 9.17) is 4.74 Å². The number of hydrogen-bond donors (Lipinski definition) is 0. The van der Waals surface area contributed by atoms with E-state index in [1.807, 2.05) is 0 Å². The highest BCUT2D eigenvalue weighted by Crippen LogP contribution is 2.36. The summed E-state index contributed by atoms with van der Waals surface area (Å²) in [4.78, 5) is 29.5. The molecular formula is C16H15N3O4S. The first-order valence-electron chi connectivity index (χ1n) is 7.80. The van der Waals surface area contributed by atoms with Crippen molar-refractivity contribution in [2.75, 3.05) is 18.1 Å². The molecule has 7 nitrogen and oxygen atoms in total. The lowest BCUT2D eigenvalue weighted by atomic mass is 10.1. The number of nitrogens with zero attached hydrogens (tertiary/aromatic N) is 3. The highest BCUT2D eigenvalue weighted by atomic mass is 32.1.